The fourth-order valence-corrected chi connectivity index (χ4v) is 4.24. The predicted octanol–water partition coefficient (Wildman–Crippen LogP) is 3.23. The van der Waals surface area contributed by atoms with Gasteiger partial charge in [0.25, 0.3) is 5.91 Å². The first kappa shape index (κ1) is 18.7. The number of hydrogen-bond acceptors (Lipinski definition) is 4. The summed E-state index contributed by atoms with van der Waals surface area (Å²) in [6.45, 7) is 2.20. The van der Waals surface area contributed by atoms with E-state index in [-0.39, 0.29) is 11.8 Å². The molecular weight excluding hydrogens is 372 g/mol. The first-order valence-electron chi connectivity index (χ1n) is 9.71. The summed E-state index contributed by atoms with van der Waals surface area (Å²) in [5.41, 5.74) is 2.71. The molecule has 7 heteroatoms. The second-order valence-corrected chi connectivity index (χ2v) is 8.03. The number of fused-ring (bicyclic) bond motifs is 1. The van der Waals surface area contributed by atoms with Crippen LogP contribution in [0.25, 0.3) is 11.0 Å². The number of para-hydroxylation sites is 2. The molecule has 2 N–H and O–H groups in total. The maximum atomic E-state index is 12.4. The number of amides is 2. The van der Waals surface area contributed by atoms with E-state index >= 15 is 0 Å². The molecule has 3 heterocycles. The SMILES string of the molecule is O=C(CCc1nc2ccccc2[nH]1)NCC1CCN(C(=O)c2ccsc2)CC1. The molecule has 4 rings (SSSR count). The van der Waals surface area contributed by atoms with Crippen LogP contribution < -0.4 is 5.32 Å². The topological polar surface area (TPSA) is 78.1 Å². The van der Waals surface area contributed by atoms with Gasteiger partial charge >= 0.3 is 0 Å². The molecule has 2 amide bonds. The van der Waals surface area contributed by atoms with Gasteiger partial charge in [0, 0.05) is 37.9 Å². The molecular formula is C21H24N4O2S. The van der Waals surface area contributed by atoms with Gasteiger partial charge in [0.05, 0.1) is 16.6 Å². The Labute approximate surface area is 168 Å². The molecule has 0 atom stereocenters. The van der Waals surface area contributed by atoms with Gasteiger partial charge in [-0.05, 0) is 42.3 Å². The minimum absolute atomic E-state index is 0.0530. The number of hydrogen-bond donors (Lipinski definition) is 2. The molecule has 6 nitrogen and oxygen atoms in total. The zero-order valence-electron chi connectivity index (χ0n) is 15.7. The molecule has 0 aliphatic carbocycles. The van der Waals surface area contributed by atoms with E-state index in [1.54, 1.807) is 11.3 Å². The Bertz CT molecular complexity index is 909. The zero-order chi connectivity index (χ0) is 19.3. The highest BCUT2D eigenvalue weighted by molar-refractivity contribution is 7.08. The van der Waals surface area contributed by atoms with Crippen LogP contribution in [-0.4, -0.2) is 46.3 Å². The van der Waals surface area contributed by atoms with Gasteiger partial charge in [0.15, 0.2) is 0 Å². The van der Waals surface area contributed by atoms with Crippen LogP contribution >= 0.6 is 11.3 Å². The van der Waals surface area contributed by atoms with E-state index in [9.17, 15) is 9.59 Å². The Hall–Kier alpha value is -2.67. The van der Waals surface area contributed by atoms with E-state index in [1.165, 1.54) is 0 Å². The normalized spacial score (nSPS) is 15.1. The summed E-state index contributed by atoms with van der Waals surface area (Å²) in [6.07, 6.45) is 2.89. The van der Waals surface area contributed by atoms with Gasteiger partial charge < -0.3 is 15.2 Å². The Morgan fingerprint density at radius 1 is 1.21 bits per heavy atom. The number of thiophene rings is 1. The Morgan fingerprint density at radius 3 is 2.79 bits per heavy atom. The molecule has 0 radical (unpaired) electrons. The van der Waals surface area contributed by atoms with Gasteiger partial charge in [-0.25, -0.2) is 4.98 Å². The van der Waals surface area contributed by atoms with Crippen molar-refractivity contribution < 1.29 is 9.59 Å². The highest BCUT2D eigenvalue weighted by Crippen LogP contribution is 2.19. The van der Waals surface area contributed by atoms with Gasteiger partial charge in [-0.3, -0.25) is 9.59 Å². The van der Waals surface area contributed by atoms with Crippen molar-refractivity contribution in [1.29, 1.82) is 0 Å². The Morgan fingerprint density at radius 2 is 2.04 bits per heavy atom. The van der Waals surface area contributed by atoms with Crippen molar-refractivity contribution >= 4 is 34.2 Å². The highest BCUT2D eigenvalue weighted by atomic mass is 32.1. The fourth-order valence-electron chi connectivity index (χ4n) is 3.61. The minimum atomic E-state index is 0.0530. The molecule has 1 aliphatic rings. The third-order valence-corrected chi connectivity index (χ3v) is 5.97. The van der Waals surface area contributed by atoms with Crippen LogP contribution in [0.2, 0.25) is 0 Å². The van der Waals surface area contributed by atoms with Gasteiger partial charge in [0.1, 0.15) is 5.82 Å². The van der Waals surface area contributed by atoms with Crippen LogP contribution in [0.5, 0.6) is 0 Å². The molecule has 2 aromatic heterocycles. The van der Waals surface area contributed by atoms with Gasteiger partial charge in [-0.15, -0.1) is 0 Å². The smallest absolute Gasteiger partial charge is 0.254 e. The molecule has 146 valence electrons. The molecule has 0 saturated carbocycles. The van der Waals surface area contributed by atoms with Gasteiger partial charge in [-0.2, -0.15) is 11.3 Å². The number of likely N-dealkylation sites (tertiary alicyclic amines) is 1. The highest BCUT2D eigenvalue weighted by Gasteiger charge is 2.24. The summed E-state index contributed by atoms with van der Waals surface area (Å²) < 4.78 is 0. The van der Waals surface area contributed by atoms with E-state index in [4.69, 9.17) is 0 Å². The maximum absolute atomic E-state index is 12.4. The number of aromatic nitrogens is 2. The Kier molecular flexibility index (Phi) is 5.71. The lowest BCUT2D eigenvalue weighted by molar-refractivity contribution is -0.121. The molecule has 28 heavy (non-hydrogen) atoms. The number of piperidine rings is 1. The third-order valence-electron chi connectivity index (χ3n) is 5.29. The summed E-state index contributed by atoms with van der Waals surface area (Å²) >= 11 is 1.55. The number of carbonyl (C=O) groups is 2. The van der Waals surface area contributed by atoms with Gasteiger partial charge in [0.2, 0.25) is 5.91 Å². The fraction of sp³-hybridized carbons (Fsp3) is 0.381. The van der Waals surface area contributed by atoms with Crippen molar-refractivity contribution in [3.63, 3.8) is 0 Å². The summed E-state index contributed by atoms with van der Waals surface area (Å²) in [4.78, 5) is 34.2. The summed E-state index contributed by atoms with van der Waals surface area (Å²) in [6, 6.07) is 9.75. The number of rotatable bonds is 6. The summed E-state index contributed by atoms with van der Waals surface area (Å²) in [5.74, 6) is 1.45. The average molecular weight is 397 g/mol. The number of nitrogens with zero attached hydrogens (tertiary/aromatic N) is 2. The van der Waals surface area contributed by atoms with Crippen molar-refractivity contribution in [1.82, 2.24) is 20.2 Å². The average Bonchev–Trinajstić information content (AvgIpc) is 3.40. The molecule has 0 spiro atoms. The number of imidazole rings is 1. The zero-order valence-corrected chi connectivity index (χ0v) is 16.5. The van der Waals surface area contributed by atoms with E-state index < -0.39 is 0 Å². The summed E-state index contributed by atoms with van der Waals surface area (Å²) in [5, 5.41) is 6.88. The molecule has 0 bridgehead atoms. The first-order chi connectivity index (χ1) is 13.7. The predicted molar refractivity (Wildman–Crippen MR) is 110 cm³/mol. The standard InChI is InChI=1S/C21H24N4O2S/c26-20(6-5-19-23-17-3-1-2-4-18(17)24-19)22-13-15-7-10-25(11-8-15)21(27)16-9-12-28-14-16/h1-4,9,12,14-15H,5-8,10-11,13H2,(H,22,26)(H,23,24). The number of aryl methyl sites for hydroxylation is 1. The van der Waals surface area contributed by atoms with Crippen molar-refractivity contribution in [2.24, 2.45) is 5.92 Å². The van der Waals surface area contributed by atoms with Crippen molar-refractivity contribution in [3.8, 4) is 0 Å². The van der Waals surface area contributed by atoms with Crippen LogP contribution in [0.4, 0.5) is 0 Å². The van der Waals surface area contributed by atoms with Crippen molar-refractivity contribution in [3.05, 3.63) is 52.5 Å². The molecule has 1 aliphatic heterocycles. The molecule has 3 aromatic rings. The minimum Gasteiger partial charge on any atom is -0.356 e. The van der Waals surface area contributed by atoms with Crippen LogP contribution in [0.3, 0.4) is 0 Å². The van der Waals surface area contributed by atoms with Crippen molar-refractivity contribution in [2.45, 2.75) is 25.7 Å². The van der Waals surface area contributed by atoms with E-state index in [1.807, 2.05) is 46.0 Å². The van der Waals surface area contributed by atoms with Crippen LogP contribution in [0.15, 0.2) is 41.1 Å². The number of nitrogens with one attached hydrogen (secondary N) is 2. The molecule has 0 unspecified atom stereocenters. The van der Waals surface area contributed by atoms with E-state index in [2.05, 4.69) is 15.3 Å². The van der Waals surface area contributed by atoms with Crippen LogP contribution in [0.1, 0.15) is 35.4 Å². The monoisotopic (exact) mass is 396 g/mol. The number of H-pyrrole nitrogens is 1. The lowest BCUT2D eigenvalue weighted by Gasteiger charge is -2.32. The van der Waals surface area contributed by atoms with Crippen molar-refractivity contribution in [2.75, 3.05) is 19.6 Å². The number of benzene rings is 1. The number of carbonyl (C=O) groups excluding carboxylic acids is 2. The van der Waals surface area contributed by atoms with E-state index in [0.717, 1.165) is 48.4 Å². The first-order valence-corrected chi connectivity index (χ1v) is 10.6. The lowest BCUT2D eigenvalue weighted by Crippen LogP contribution is -2.41. The third kappa shape index (κ3) is 4.42. The number of aromatic amines is 1. The van der Waals surface area contributed by atoms with E-state index in [0.29, 0.717) is 25.3 Å². The lowest BCUT2D eigenvalue weighted by atomic mass is 9.96. The molecule has 1 saturated heterocycles. The quantitative estimate of drug-likeness (QED) is 0.671. The van der Waals surface area contributed by atoms with Crippen LogP contribution in [0, 0.1) is 5.92 Å². The van der Waals surface area contributed by atoms with Gasteiger partial charge in [-0.1, -0.05) is 12.1 Å². The second kappa shape index (κ2) is 8.56. The maximum Gasteiger partial charge on any atom is 0.254 e. The molecule has 1 aromatic carbocycles. The molecule has 1 fully saturated rings. The van der Waals surface area contributed by atoms with Crippen LogP contribution in [-0.2, 0) is 11.2 Å². The summed E-state index contributed by atoms with van der Waals surface area (Å²) in [7, 11) is 0. The Balaban J connectivity index is 1.18. The second-order valence-electron chi connectivity index (χ2n) is 7.25. The largest absolute Gasteiger partial charge is 0.356 e.